The van der Waals surface area contributed by atoms with Crippen molar-refractivity contribution in [3.63, 3.8) is 0 Å². The molecular formula is C42H54O20. The number of carbonyl (C=O) groups is 2. The third kappa shape index (κ3) is 5.76. The maximum absolute atomic E-state index is 14.1. The zero-order valence-electron chi connectivity index (χ0n) is 35.7. The number of carbonyl (C=O) groups excluding carboxylic acids is 2. The van der Waals surface area contributed by atoms with Crippen LogP contribution in [0.4, 0.5) is 0 Å². The van der Waals surface area contributed by atoms with Gasteiger partial charge < -0.3 is 87.5 Å². The second-order valence-electron chi connectivity index (χ2n) is 17.7. The zero-order chi connectivity index (χ0) is 44.8. The van der Waals surface area contributed by atoms with Crippen LogP contribution in [0.2, 0.25) is 0 Å². The number of esters is 1. The largest absolute Gasteiger partial charge is 0.506 e. The van der Waals surface area contributed by atoms with Crippen molar-refractivity contribution in [2.24, 2.45) is 0 Å². The van der Waals surface area contributed by atoms with Crippen LogP contribution in [0, 0.1) is 6.92 Å². The van der Waals surface area contributed by atoms with Gasteiger partial charge in [0.15, 0.2) is 30.6 Å². The van der Waals surface area contributed by atoms with Crippen molar-refractivity contribution in [2.75, 3.05) is 27.9 Å². The molecule has 6 heterocycles. The van der Waals surface area contributed by atoms with Crippen LogP contribution >= 0.6 is 0 Å². The molecule has 6 aliphatic heterocycles. The molecule has 0 radical (unpaired) electrons. The molecule has 0 aromatic heterocycles. The maximum Gasteiger partial charge on any atom is 0.303 e. The Kier molecular flexibility index (Phi) is 10.3. The number of ketones is 1. The Morgan fingerprint density at radius 3 is 2.29 bits per heavy atom. The van der Waals surface area contributed by atoms with Gasteiger partial charge >= 0.3 is 5.97 Å². The van der Waals surface area contributed by atoms with Gasteiger partial charge in [0.25, 0.3) is 11.6 Å². The number of aliphatic hydroxyl groups excluding tert-OH is 3. The van der Waals surface area contributed by atoms with Crippen LogP contribution in [-0.4, -0.2) is 160 Å². The van der Waals surface area contributed by atoms with E-state index in [1.807, 2.05) is 0 Å². The molecule has 2 aromatic rings. The number of Topliss-reactive ketones (excluding diaryl/α,β-unsaturated/α-hetero) is 1. The summed E-state index contributed by atoms with van der Waals surface area (Å²) in [5, 5.41) is 68.3. The first-order valence-electron chi connectivity index (χ1n) is 20.7. The zero-order valence-corrected chi connectivity index (χ0v) is 35.7. The summed E-state index contributed by atoms with van der Waals surface area (Å²) < 4.78 is 75.1. The van der Waals surface area contributed by atoms with Gasteiger partial charge in [-0.3, -0.25) is 9.59 Å². The first-order chi connectivity index (χ1) is 29.2. The van der Waals surface area contributed by atoms with Crippen molar-refractivity contribution in [2.45, 2.75) is 163 Å². The van der Waals surface area contributed by atoms with Gasteiger partial charge in [-0.1, -0.05) is 0 Å². The molecule has 20 nitrogen and oxygen atoms in total. The average Bonchev–Trinajstić information content (AvgIpc) is 3.86. The number of hydrogen-bond donors (Lipinski definition) is 6. The van der Waals surface area contributed by atoms with Crippen LogP contribution in [0.1, 0.15) is 93.1 Å². The number of ether oxygens (including phenoxy) is 12. The van der Waals surface area contributed by atoms with E-state index < -0.39 is 120 Å². The first kappa shape index (κ1) is 43.9. The summed E-state index contributed by atoms with van der Waals surface area (Å²) in [6.07, 6.45) is -15.2. The Bertz CT molecular complexity index is 2150. The lowest BCUT2D eigenvalue weighted by atomic mass is 9.77. The fraction of sp³-hybridized carbons (Fsp3) is 0.714. The Morgan fingerprint density at radius 1 is 1.02 bits per heavy atom. The highest BCUT2D eigenvalue weighted by Crippen LogP contribution is 2.72. The van der Waals surface area contributed by atoms with Crippen molar-refractivity contribution < 1.29 is 97.1 Å². The highest BCUT2D eigenvalue weighted by molar-refractivity contribution is 6.13. The van der Waals surface area contributed by atoms with Crippen LogP contribution in [0.3, 0.4) is 0 Å². The third-order valence-electron chi connectivity index (χ3n) is 13.9. The summed E-state index contributed by atoms with van der Waals surface area (Å²) >= 11 is 0. The number of phenols is 1. The van der Waals surface area contributed by atoms with E-state index in [0.717, 1.165) is 0 Å². The van der Waals surface area contributed by atoms with Crippen LogP contribution in [0.5, 0.6) is 17.2 Å². The van der Waals surface area contributed by atoms with E-state index >= 15 is 0 Å². The molecule has 6 N–H and O–H groups in total. The van der Waals surface area contributed by atoms with E-state index in [-0.39, 0.29) is 59.3 Å². The summed E-state index contributed by atoms with van der Waals surface area (Å²) in [5.41, 5.74) is -4.49. The lowest BCUT2D eigenvalue weighted by Gasteiger charge is -2.52. The molecule has 2 bridgehead atoms. The minimum absolute atomic E-state index is 0.00701. The van der Waals surface area contributed by atoms with E-state index in [1.54, 1.807) is 19.9 Å². The highest BCUT2D eigenvalue weighted by atomic mass is 16.9. The van der Waals surface area contributed by atoms with Crippen molar-refractivity contribution in [3.8, 4) is 17.2 Å². The number of phenolic OH excluding ortho intramolecular Hbond substituents is 1. The van der Waals surface area contributed by atoms with Gasteiger partial charge in [-0.2, -0.15) is 0 Å². The van der Waals surface area contributed by atoms with Crippen molar-refractivity contribution in [3.05, 3.63) is 28.3 Å². The standard InChI is InChI=1S/C42H54O20/c1-15-10-20-27(31(48)29-28(32(20)51-7)22(11-21(45)30(29)47)58-25-13-38(6,49)35(16(2)55-25)57-19(5)44)33-26(15)34-36-41(60-33,39(14-54-39)42(61-34,62-36)37(52-8)53-9)59-24-12-23(46)40(50,17(3)43)18(4)56-24/h10,16-18,21-25,34-37,43,45-46,48-50H,11-14H2,1-9H3/t16-,17?,18-,21?,22?,23+,24-,25-,34?,35+,36?,38+,39?,40+,41?,42?/m0/s1. The second-order valence-corrected chi connectivity index (χ2v) is 17.7. The summed E-state index contributed by atoms with van der Waals surface area (Å²) in [5.74, 6) is -5.73. The number of hydrogen-bond acceptors (Lipinski definition) is 20. The quantitative estimate of drug-likeness (QED) is 0.110. The molecule has 9 rings (SSSR count). The highest BCUT2D eigenvalue weighted by Gasteiger charge is 2.94. The normalized spacial score (nSPS) is 43.4. The van der Waals surface area contributed by atoms with Gasteiger partial charge in [-0.25, -0.2) is 0 Å². The van der Waals surface area contributed by atoms with E-state index in [2.05, 4.69) is 0 Å². The fourth-order valence-electron chi connectivity index (χ4n) is 10.9. The van der Waals surface area contributed by atoms with Gasteiger partial charge in [0.05, 0.1) is 55.2 Å². The van der Waals surface area contributed by atoms with Crippen LogP contribution in [0.25, 0.3) is 10.8 Å². The monoisotopic (exact) mass is 878 g/mol. The minimum Gasteiger partial charge on any atom is -0.506 e. The molecule has 5 saturated heterocycles. The number of aryl methyl sites for hydroxylation is 1. The minimum atomic E-state index is -2.04. The molecule has 7 aliphatic rings. The van der Waals surface area contributed by atoms with Gasteiger partial charge in [0.2, 0.25) is 11.9 Å². The Labute approximate surface area is 355 Å². The molecule has 0 saturated carbocycles. The molecule has 1 aliphatic carbocycles. The summed E-state index contributed by atoms with van der Waals surface area (Å²) in [6, 6.07) is 1.72. The van der Waals surface area contributed by atoms with Crippen LogP contribution in [0.15, 0.2) is 6.07 Å². The molecule has 16 atom stereocenters. The molecule has 62 heavy (non-hydrogen) atoms. The van der Waals surface area contributed by atoms with E-state index in [0.29, 0.717) is 11.1 Å². The van der Waals surface area contributed by atoms with E-state index in [4.69, 9.17) is 56.8 Å². The molecule has 1 spiro atoms. The lowest BCUT2D eigenvalue weighted by molar-refractivity contribution is -0.390. The van der Waals surface area contributed by atoms with Crippen molar-refractivity contribution in [1.82, 2.24) is 0 Å². The summed E-state index contributed by atoms with van der Waals surface area (Å²) in [4.78, 5) is 25.9. The molecular weight excluding hydrogens is 824 g/mol. The first-order valence-corrected chi connectivity index (χ1v) is 20.7. The Morgan fingerprint density at radius 2 is 1.71 bits per heavy atom. The second kappa shape index (κ2) is 14.6. The van der Waals surface area contributed by atoms with Crippen LogP contribution in [-0.2, 0) is 52.2 Å². The molecule has 342 valence electrons. The lowest BCUT2D eigenvalue weighted by Crippen LogP contribution is -2.72. The number of rotatable bonds is 10. The Balaban J connectivity index is 1.18. The van der Waals surface area contributed by atoms with Crippen molar-refractivity contribution >= 4 is 22.5 Å². The number of benzene rings is 2. The van der Waals surface area contributed by atoms with Gasteiger partial charge in [0.1, 0.15) is 40.7 Å². The smallest absolute Gasteiger partial charge is 0.303 e. The van der Waals surface area contributed by atoms with Gasteiger partial charge in [0, 0.05) is 56.9 Å². The van der Waals surface area contributed by atoms with E-state index in [1.165, 1.54) is 49.0 Å². The number of aromatic hydroxyl groups is 1. The number of epoxide rings is 1. The predicted octanol–water partition coefficient (Wildman–Crippen LogP) is 0.952. The van der Waals surface area contributed by atoms with E-state index in [9.17, 15) is 40.2 Å². The van der Waals surface area contributed by atoms with Gasteiger partial charge in [-0.05, 0) is 46.2 Å². The topological polar surface area (TPSA) is 270 Å². The average molecular weight is 879 g/mol. The fourth-order valence-corrected chi connectivity index (χ4v) is 10.9. The number of fused-ring (bicyclic) bond motifs is 8. The van der Waals surface area contributed by atoms with Crippen molar-refractivity contribution in [1.29, 1.82) is 0 Å². The van der Waals surface area contributed by atoms with Gasteiger partial charge in [-0.15, -0.1) is 0 Å². The number of aliphatic hydroxyl groups is 5. The SMILES string of the molecule is COc1c2c(c(O)c3c4c(c(C)cc13)C1OC3(C(OC)OC)OC1C(O[C@H]1C[C@@H](O)[C@@](O)(C(C)O)[C@H](C)O1)(O4)C31CO1)C(=O)C(O)CC2O[C@H]1C[C@@](C)(O)[C@H](OC(C)=O)[C@H](C)O1. The predicted molar refractivity (Wildman–Crippen MR) is 205 cm³/mol. The number of methoxy groups -OCH3 is 3. The maximum atomic E-state index is 14.1. The Hall–Kier alpha value is -3.32. The third-order valence-corrected chi connectivity index (χ3v) is 13.9. The molecule has 5 fully saturated rings. The molecule has 8 unspecified atom stereocenters. The molecule has 2 aromatic carbocycles. The molecule has 0 amide bonds. The van der Waals surface area contributed by atoms with Crippen LogP contribution < -0.4 is 9.47 Å². The molecule has 20 heteroatoms. The summed E-state index contributed by atoms with van der Waals surface area (Å²) in [7, 11) is 4.17. The summed E-state index contributed by atoms with van der Waals surface area (Å²) in [6.45, 7) is 8.85.